The number of anilines is 1. The summed E-state index contributed by atoms with van der Waals surface area (Å²) in [6, 6.07) is 19.8. The Hall–Kier alpha value is -6.45. The fraction of sp³-hybridized carbons (Fsp3) is 0.395. The van der Waals surface area contributed by atoms with Crippen molar-refractivity contribution in [2.24, 2.45) is 0 Å². The summed E-state index contributed by atoms with van der Waals surface area (Å²) in [5.74, 6) is -0.724. The van der Waals surface area contributed by atoms with Crippen molar-refractivity contribution in [1.82, 2.24) is 35.7 Å². The molecule has 0 aliphatic carbocycles. The molecule has 0 saturated carbocycles. The minimum atomic E-state index is -0.998. The normalized spacial score (nSPS) is 19.1. The number of nitrogens with one attached hydrogen (secondary N) is 4. The molecule has 0 unspecified atom stereocenters. The number of piperidine rings is 1. The Morgan fingerprint density at radius 3 is 1.92 bits per heavy atom. The predicted octanol–water partition coefficient (Wildman–Crippen LogP) is 5.15. The third-order valence-corrected chi connectivity index (χ3v) is 11.4. The van der Waals surface area contributed by atoms with Gasteiger partial charge in [0.05, 0.1) is 37.8 Å². The monoisotopic (exact) mass is 808 g/mol. The largest absolute Gasteiger partial charge is 0.453 e. The maximum absolute atomic E-state index is 15.8. The Bertz CT molecular complexity index is 2130. The molecule has 3 aliphatic heterocycles. The molecule has 3 fully saturated rings. The number of benzene rings is 3. The smallest absolute Gasteiger partial charge is 0.407 e. The van der Waals surface area contributed by atoms with Crippen LogP contribution in [-0.4, -0.2) is 102 Å². The molecule has 3 saturated heterocycles. The van der Waals surface area contributed by atoms with Crippen molar-refractivity contribution in [1.29, 1.82) is 0 Å². The molecule has 4 heterocycles. The van der Waals surface area contributed by atoms with Gasteiger partial charge in [-0.3, -0.25) is 14.4 Å². The lowest BCUT2D eigenvalue weighted by Crippen LogP contribution is -2.53. The van der Waals surface area contributed by atoms with Gasteiger partial charge in [0.25, 0.3) is 11.8 Å². The number of H-pyrrole nitrogens is 1. The molecule has 0 bridgehead atoms. The van der Waals surface area contributed by atoms with E-state index in [1.807, 2.05) is 23.1 Å². The van der Waals surface area contributed by atoms with Crippen LogP contribution in [0.5, 0.6) is 0 Å². The number of ether oxygens (including phenoxy) is 2. The molecule has 4 N–H and O–H groups in total. The van der Waals surface area contributed by atoms with Crippen LogP contribution < -0.4 is 20.9 Å². The number of nitrogens with zero attached hydrogens (tertiary/aromatic N) is 4. The van der Waals surface area contributed by atoms with Crippen molar-refractivity contribution < 1.29 is 37.8 Å². The Morgan fingerprint density at radius 2 is 1.32 bits per heavy atom. The summed E-state index contributed by atoms with van der Waals surface area (Å²) in [5.41, 5.74) is 2.88. The number of alkyl carbamates (subject to hydrolysis) is 2. The number of aromatic amines is 1. The first-order valence-corrected chi connectivity index (χ1v) is 19.9. The number of halogens is 1. The van der Waals surface area contributed by atoms with Crippen LogP contribution in [0.1, 0.15) is 73.6 Å². The van der Waals surface area contributed by atoms with Crippen LogP contribution in [0, 0.1) is 5.82 Å². The minimum Gasteiger partial charge on any atom is -0.453 e. The number of rotatable bonds is 11. The fourth-order valence-corrected chi connectivity index (χ4v) is 8.31. The Morgan fingerprint density at radius 1 is 0.746 bits per heavy atom. The van der Waals surface area contributed by atoms with Gasteiger partial charge < -0.3 is 45.1 Å². The van der Waals surface area contributed by atoms with Crippen LogP contribution in [-0.2, 0) is 23.9 Å². The maximum Gasteiger partial charge on any atom is 0.407 e. The maximum atomic E-state index is 15.8. The minimum absolute atomic E-state index is 0.151. The van der Waals surface area contributed by atoms with E-state index in [4.69, 9.17) is 9.47 Å². The summed E-state index contributed by atoms with van der Waals surface area (Å²) in [5, 5.41) is 8.42. The first-order valence-electron chi connectivity index (χ1n) is 19.9. The summed E-state index contributed by atoms with van der Waals surface area (Å²) in [4.78, 5) is 78.7. The second kappa shape index (κ2) is 18.4. The van der Waals surface area contributed by atoms with Gasteiger partial charge in [0.15, 0.2) is 0 Å². The average Bonchev–Trinajstić information content (AvgIpc) is 4.07. The van der Waals surface area contributed by atoms with Crippen molar-refractivity contribution in [2.45, 2.75) is 68.7 Å². The van der Waals surface area contributed by atoms with Gasteiger partial charge in [-0.2, -0.15) is 0 Å². The molecule has 7 rings (SSSR count). The van der Waals surface area contributed by atoms with Crippen LogP contribution in [0.25, 0.3) is 11.3 Å². The fourth-order valence-electron chi connectivity index (χ4n) is 8.31. The van der Waals surface area contributed by atoms with Crippen LogP contribution in [0.4, 0.5) is 19.7 Å². The summed E-state index contributed by atoms with van der Waals surface area (Å²) in [6.45, 7) is 1.91. The van der Waals surface area contributed by atoms with E-state index in [0.29, 0.717) is 92.2 Å². The van der Waals surface area contributed by atoms with Gasteiger partial charge in [-0.1, -0.05) is 66.7 Å². The average molecular weight is 809 g/mol. The van der Waals surface area contributed by atoms with E-state index in [-0.39, 0.29) is 29.8 Å². The first-order chi connectivity index (χ1) is 28.6. The van der Waals surface area contributed by atoms with Crippen LogP contribution in [0.3, 0.4) is 0 Å². The quantitative estimate of drug-likeness (QED) is 0.160. The highest BCUT2D eigenvalue weighted by atomic mass is 19.1. The van der Waals surface area contributed by atoms with E-state index < -0.39 is 36.1 Å². The van der Waals surface area contributed by atoms with Gasteiger partial charge in [-0.05, 0) is 61.8 Å². The highest BCUT2D eigenvalue weighted by molar-refractivity contribution is 5.92. The highest BCUT2D eigenvalue weighted by Gasteiger charge is 2.40. The number of likely N-dealkylation sites (tertiary alicyclic amines) is 2. The second-order valence-corrected chi connectivity index (χ2v) is 15.0. The predicted molar refractivity (Wildman–Crippen MR) is 215 cm³/mol. The molecule has 3 aliphatic rings. The molecule has 1 aromatic heterocycles. The number of hydrogen-bond donors (Lipinski definition) is 4. The second-order valence-electron chi connectivity index (χ2n) is 15.0. The van der Waals surface area contributed by atoms with Crippen LogP contribution in [0.2, 0.25) is 0 Å². The summed E-state index contributed by atoms with van der Waals surface area (Å²) in [6.07, 6.45) is 3.94. The van der Waals surface area contributed by atoms with Crippen molar-refractivity contribution in [3.63, 3.8) is 0 Å². The molecule has 0 spiro atoms. The lowest BCUT2D eigenvalue weighted by atomic mass is 10.0. The first kappa shape index (κ1) is 40.7. The van der Waals surface area contributed by atoms with E-state index in [0.717, 1.165) is 6.42 Å². The Kier molecular flexibility index (Phi) is 12.7. The zero-order valence-corrected chi connectivity index (χ0v) is 33.1. The van der Waals surface area contributed by atoms with Gasteiger partial charge in [0, 0.05) is 37.8 Å². The summed E-state index contributed by atoms with van der Waals surface area (Å²) >= 11 is 0. The molecule has 5 amide bonds. The van der Waals surface area contributed by atoms with Crippen LogP contribution in [0.15, 0.2) is 85.1 Å². The van der Waals surface area contributed by atoms with Crippen molar-refractivity contribution in [2.75, 3.05) is 45.3 Å². The number of carbonyl (C=O) groups is 5. The molecule has 16 heteroatoms. The third-order valence-electron chi connectivity index (χ3n) is 11.4. The number of aromatic nitrogens is 2. The zero-order valence-electron chi connectivity index (χ0n) is 33.1. The molecular weight excluding hydrogens is 760 g/mol. The lowest BCUT2D eigenvalue weighted by molar-refractivity contribution is -0.140. The van der Waals surface area contributed by atoms with Gasteiger partial charge in [0.2, 0.25) is 5.91 Å². The molecule has 4 aromatic rings. The summed E-state index contributed by atoms with van der Waals surface area (Å²) < 4.78 is 25.3. The van der Waals surface area contributed by atoms with E-state index in [1.54, 1.807) is 65.7 Å². The molecule has 15 nitrogen and oxygen atoms in total. The van der Waals surface area contributed by atoms with E-state index in [2.05, 4.69) is 25.9 Å². The SMILES string of the molecule is COC(=O)N[C@@H](C(=O)N1CCC[C@H]1C(=O)NC1CCN(c2ccc(-c3cnc([C@@H]4CCCN4C(=O)[C@H](NC(=O)OC)c4ccccc4)[nH]3)cc2F)CC1)c1ccccc1. The molecular formula is C43H49FN8O7. The molecule has 3 aromatic carbocycles. The summed E-state index contributed by atoms with van der Waals surface area (Å²) in [7, 11) is 2.48. The van der Waals surface area contributed by atoms with Gasteiger partial charge >= 0.3 is 12.2 Å². The van der Waals surface area contributed by atoms with Crippen LogP contribution >= 0.6 is 0 Å². The number of amides is 5. The van der Waals surface area contributed by atoms with Crippen molar-refractivity contribution in [3.05, 3.63) is 108 Å². The van der Waals surface area contributed by atoms with Crippen molar-refractivity contribution >= 4 is 35.6 Å². The Balaban J connectivity index is 0.954. The molecule has 4 atom stereocenters. The number of carbonyl (C=O) groups excluding carboxylic acids is 5. The van der Waals surface area contributed by atoms with E-state index >= 15 is 4.39 Å². The number of imidazole rings is 1. The number of hydrogen-bond acceptors (Lipinski definition) is 9. The Labute approximate surface area is 341 Å². The van der Waals surface area contributed by atoms with E-state index in [1.165, 1.54) is 25.2 Å². The number of methoxy groups -OCH3 is 2. The topological polar surface area (TPSA) is 178 Å². The van der Waals surface area contributed by atoms with Gasteiger partial charge in [0.1, 0.15) is 29.8 Å². The molecule has 310 valence electrons. The zero-order chi connectivity index (χ0) is 41.5. The standard InChI is InChI=1S/C43H49FN8O7/c1-58-42(56)48-36(27-11-5-3-6-12-27)40(54)51-21-9-15-34(51)38-45-26-32(47-38)29-17-18-33(31(44)25-29)50-23-19-30(20-24-50)46-39(53)35-16-10-22-52(35)41(55)37(49-43(57)59-2)28-13-7-4-8-14-28/h3-8,11-14,17-18,25-26,30,34-37H,9-10,15-16,19-24H2,1-2H3,(H,45,47)(H,46,53)(H,48,56)(H,49,57)/t34-,35-,36+,37+/m0/s1. The van der Waals surface area contributed by atoms with E-state index in [9.17, 15) is 24.0 Å². The highest BCUT2D eigenvalue weighted by Crippen LogP contribution is 2.35. The lowest BCUT2D eigenvalue weighted by Gasteiger charge is -2.35. The molecule has 59 heavy (non-hydrogen) atoms. The van der Waals surface area contributed by atoms with Gasteiger partial charge in [-0.15, -0.1) is 0 Å². The third kappa shape index (κ3) is 9.16. The van der Waals surface area contributed by atoms with Crippen molar-refractivity contribution in [3.8, 4) is 11.3 Å². The van der Waals surface area contributed by atoms with Gasteiger partial charge in [-0.25, -0.2) is 19.0 Å². The molecule has 0 radical (unpaired) electrons.